The second-order valence-corrected chi connectivity index (χ2v) is 9.73. The van der Waals surface area contributed by atoms with E-state index in [9.17, 15) is 0 Å². The molecule has 4 rings (SSSR count). The van der Waals surface area contributed by atoms with Crippen molar-refractivity contribution in [2.24, 2.45) is 0 Å². The van der Waals surface area contributed by atoms with Crippen LogP contribution in [0, 0.1) is 0 Å². The maximum absolute atomic E-state index is 6.17. The van der Waals surface area contributed by atoms with E-state index in [0.29, 0.717) is 18.0 Å². The molecule has 1 saturated heterocycles. The molecule has 1 N–H and O–H groups in total. The van der Waals surface area contributed by atoms with Crippen molar-refractivity contribution in [1.82, 2.24) is 14.9 Å². The highest BCUT2D eigenvalue weighted by Crippen LogP contribution is 2.36. The van der Waals surface area contributed by atoms with Crippen LogP contribution >= 0.6 is 0 Å². The molecule has 0 unspecified atom stereocenters. The Bertz CT molecular complexity index is 870. The Labute approximate surface area is 174 Å². The Morgan fingerprint density at radius 3 is 2.52 bits per heavy atom. The smallest absolute Gasteiger partial charge is 0.399 e. The van der Waals surface area contributed by atoms with Crippen molar-refractivity contribution in [2.75, 3.05) is 19.4 Å². The van der Waals surface area contributed by atoms with Crippen LogP contribution in [0.15, 0.2) is 24.4 Å². The largest absolute Gasteiger partial charge is 0.494 e. The summed E-state index contributed by atoms with van der Waals surface area (Å²) in [4.78, 5) is 11.7. The number of fused-ring (bicyclic) bond motifs is 1. The summed E-state index contributed by atoms with van der Waals surface area (Å²) in [5.74, 6) is 0.713. The number of anilines is 1. The lowest BCUT2D eigenvalue weighted by Gasteiger charge is -2.33. The van der Waals surface area contributed by atoms with E-state index in [1.165, 1.54) is 19.3 Å². The second-order valence-electron chi connectivity index (χ2n) is 9.73. The highest BCUT2D eigenvalue weighted by Gasteiger charge is 2.51. The molecule has 0 amide bonds. The van der Waals surface area contributed by atoms with Crippen LogP contribution in [0.1, 0.15) is 53.4 Å². The number of nitrogens with zero attached hydrogens (tertiary/aromatic N) is 3. The van der Waals surface area contributed by atoms with Crippen molar-refractivity contribution in [3.05, 3.63) is 24.4 Å². The van der Waals surface area contributed by atoms with Crippen LogP contribution in [0.2, 0.25) is 0 Å². The Balaban J connectivity index is 1.49. The summed E-state index contributed by atoms with van der Waals surface area (Å²) >= 11 is 0. The zero-order valence-corrected chi connectivity index (χ0v) is 18.5. The quantitative estimate of drug-likeness (QED) is 0.801. The lowest BCUT2D eigenvalue weighted by Crippen LogP contribution is -2.41. The third kappa shape index (κ3) is 4.13. The molecule has 0 bridgehead atoms. The monoisotopic (exact) mass is 396 g/mol. The summed E-state index contributed by atoms with van der Waals surface area (Å²) in [6.07, 6.45) is 6.71. The minimum Gasteiger partial charge on any atom is -0.399 e. The third-order valence-corrected chi connectivity index (χ3v) is 6.84. The van der Waals surface area contributed by atoms with E-state index in [0.717, 1.165) is 22.8 Å². The maximum atomic E-state index is 6.17. The first-order valence-corrected chi connectivity index (χ1v) is 10.7. The van der Waals surface area contributed by atoms with Gasteiger partial charge in [0.25, 0.3) is 0 Å². The molecule has 1 aliphatic carbocycles. The van der Waals surface area contributed by atoms with Gasteiger partial charge in [-0.25, -0.2) is 9.97 Å². The van der Waals surface area contributed by atoms with Gasteiger partial charge in [-0.15, -0.1) is 0 Å². The van der Waals surface area contributed by atoms with E-state index in [1.54, 1.807) is 0 Å². The van der Waals surface area contributed by atoms with E-state index in [4.69, 9.17) is 14.3 Å². The molecule has 2 aromatic rings. The van der Waals surface area contributed by atoms with Crippen LogP contribution in [-0.4, -0.2) is 59.4 Å². The van der Waals surface area contributed by atoms with Gasteiger partial charge in [-0.3, -0.25) is 0 Å². The van der Waals surface area contributed by atoms with Gasteiger partial charge in [0.05, 0.1) is 16.7 Å². The van der Waals surface area contributed by atoms with Crippen LogP contribution in [-0.2, 0) is 9.31 Å². The Morgan fingerprint density at radius 1 is 1.10 bits per heavy atom. The molecule has 2 atom stereocenters. The molecule has 6 nitrogen and oxygen atoms in total. The van der Waals surface area contributed by atoms with Crippen molar-refractivity contribution < 1.29 is 9.31 Å². The molecule has 0 radical (unpaired) electrons. The van der Waals surface area contributed by atoms with Crippen molar-refractivity contribution >= 4 is 29.4 Å². The summed E-state index contributed by atoms with van der Waals surface area (Å²) < 4.78 is 12.3. The zero-order valence-electron chi connectivity index (χ0n) is 18.5. The fraction of sp³-hybridized carbons (Fsp3) is 0.636. The number of hydrogen-bond acceptors (Lipinski definition) is 6. The molecule has 0 spiro atoms. The van der Waals surface area contributed by atoms with E-state index in [-0.39, 0.29) is 18.3 Å². The molecular formula is C22H33BN4O2. The predicted molar refractivity (Wildman–Crippen MR) is 119 cm³/mol. The molecule has 1 aliphatic heterocycles. The Kier molecular flexibility index (Phi) is 5.34. The van der Waals surface area contributed by atoms with Gasteiger partial charge in [0.15, 0.2) is 0 Å². The first-order chi connectivity index (χ1) is 13.6. The van der Waals surface area contributed by atoms with Crippen molar-refractivity contribution in [1.29, 1.82) is 0 Å². The predicted octanol–water partition coefficient (Wildman–Crippen LogP) is 3.21. The minimum absolute atomic E-state index is 0.346. The molecule has 156 valence electrons. The molecule has 7 heteroatoms. The summed E-state index contributed by atoms with van der Waals surface area (Å²) in [5.41, 5.74) is 1.24. The Morgan fingerprint density at radius 2 is 1.83 bits per heavy atom. The zero-order chi connectivity index (χ0) is 20.8. The van der Waals surface area contributed by atoms with Crippen LogP contribution in [0.25, 0.3) is 10.9 Å². The maximum Gasteiger partial charge on any atom is 0.494 e. The van der Waals surface area contributed by atoms with E-state index in [2.05, 4.69) is 63.1 Å². The molecule has 1 aromatic heterocycles. The molecular weight excluding hydrogens is 363 g/mol. The first-order valence-electron chi connectivity index (χ1n) is 10.7. The van der Waals surface area contributed by atoms with Crippen molar-refractivity contribution in [3.63, 3.8) is 0 Å². The Hall–Kier alpha value is -1.70. The average molecular weight is 396 g/mol. The van der Waals surface area contributed by atoms with Gasteiger partial charge >= 0.3 is 7.12 Å². The molecule has 2 fully saturated rings. The number of hydrogen-bond donors (Lipinski definition) is 1. The van der Waals surface area contributed by atoms with Gasteiger partial charge in [-0.2, -0.15) is 0 Å². The summed E-state index contributed by atoms with van der Waals surface area (Å²) in [5, 5.41) is 4.55. The van der Waals surface area contributed by atoms with E-state index in [1.807, 2.05) is 18.3 Å². The molecule has 29 heavy (non-hydrogen) atoms. The van der Waals surface area contributed by atoms with Crippen LogP contribution in [0.5, 0.6) is 0 Å². The summed E-state index contributed by atoms with van der Waals surface area (Å²) in [6.45, 7) is 8.28. The van der Waals surface area contributed by atoms with Crippen LogP contribution < -0.4 is 10.8 Å². The lowest BCUT2D eigenvalue weighted by molar-refractivity contribution is 0.00578. The fourth-order valence-corrected chi connectivity index (χ4v) is 4.19. The topological polar surface area (TPSA) is 59.5 Å². The number of rotatable bonds is 4. The van der Waals surface area contributed by atoms with Gasteiger partial charge in [0, 0.05) is 23.7 Å². The van der Waals surface area contributed by atoms with Gasteiger partial charge in [-0.05, 0) is 79.0 Å². The van der Waals surface area contributed by atoms with Gasteiger partial charge < -0.3 is 19.5 Å². The number of aromatic nitrogens is 2. The SMILES string of the molecule is CN(C)[C@@H]1CCC[C@H](Nc2ncc3cc(B4OC(C)(C)C(C)(C)O4)ccc3n2)C1. The fourth-order valence-electron chi connectivity index (χ4n) is 4.19. The third-order valence-electron chi connectivity index (χ3n) is 6.84. The standard InChI is InChI=1S/C22H33BN4O2/c1-21(2)22(3,4)29-23(28-21)16-10-11-19-15(12-16)14-24-20(26-19)25-17-8-7-9-18(13-17)27(5)6/h10-12,14,17-18H,7-9,13H2,1-6H3,(H,24,25,26)/t17-,18+/m0/s1. The molecule has 1 aromatic carbocycles. The number of benzene rings is 1. The lowest BCUT2D eigenvalue weighted by atomic mass is 9.78. The van der Waals surface area contributed by atoms with Gasteiger partial charge in [-0.1, -0.05) is 12.1 Å². The van der Waals surface area contributed by atoms with Gasteiger partial charge in [0.2, 0.25) is 5.95 Å². The van der Waals surface area contributed by atoms with Crippen molar-refractivity contribution in [3.8, 4) is 0 Å². The molecule has 1 saturated carbocycles. The normalized spacial score (nSPS) is 26.2. The summed E-state index contributed by atoms with van der Waals surface area (Å²) in [6, 6.07) is 7.21. The molecule has 2 heterocycles. The van der Waals surface area contributed by atoms with Crippen LogP contribution in [0.3, 0.4) is 0 Å². The summed E-state index contributed by atoms with van der Waals surface area (Å²) in [7, 11) is 3.96. The first kappa shape index (κ1) is 20.6. The highest BCUT2D eigenvalue weighted by atomic mass is 16.7. The van der Waals surface area contributed by atoms with Gasteiger partial charge in [0.1, 0.15) is 0 Å². The average Bonchev–Trinajstić information content (AvgIpc) is 2.89. The number of nitrogens with one attached hydrogen (secondary N) is 1. The molecule has 2 aliphatic rings. The van der Waals surface area contributed by atoms with Crippen molar-refractivity contribution in [2.45, 2.75) is 76.7 Å². The highest BCUT2D eigenvalue weighted by molar-refractivity contribution is 6.62. The van der Waals surface area contributed by atoms with Crippen LogP contribution in [0.4, 0.5) is 5.95 Å². The second kappa shape index (κ2) is 7.53. The minimum atomic E-state index is -0.368. The van der Waals surface area contributed by atoms with E-state index < -0.39 is 0 Å². The van der Waals surface area contributed by atoms with E-state index >= 15 is 0 Å².